The Morgan fingerprint density at radius 1 is 1.03 bits per heavy atom. The second-order valence-electron chi connectivity index (χ2n) is 7.89. The van der Waals surface area contributed by atoms with E-state index in [-0.39, 0.29) is 17.6 Å². The van der Waals surface area contributed by atoms with E-state index < -0.39 is 0 Å². The summed E-state index contributed by atoms with van der Waals surface area (Å²) in [6.07, 6.45) is 6.13. The minimum atomic E-state index is -0.183. The Morgan fingerprint density at radius 2 is 1.81 bits per heavy atom. The zero-order chi connectivity index (χ0) is 22.6. The van der Waals surface area contributed by atoms with Crippen LogP contribution in [-0.2, 0) is 4.79 Å². The van der Waals surface area contributed by atoms with E-state index in [4.69, 9.17) is 5.26 Å². The quantitative estimate of drug-likeness (QED) is 0.440. The summed E-state index contributed by atoms with van der Waals surface area (Å²) >= 11 is 1.33. The van der Waals surface area contributed by atoms with Crippen molar-refractivity contribution >= 4 is 29.3 Å². The molecule has 1 aliphatic rings. The third kappa shape index (κ3) is 7.70. The second kappa shape index (κ2) is 12.9. The molecule has 1 heterocycles. The number of carbonyl (C=O) groups is 2. The van der Waals surface area contributed by atoms with Crippen molar-refractivity contribution in [3.8, 4) is 6.07 Å². The van der Waals surface area contributed by atoms with Gasteiger partial charge in [-0.05, 0) is 69.2 Å². The van der Waals surface area contributed by atoms with Crippen LogP contribution >= 0.6 is 11.8 Å². The molecule has 0 aromatic heterocycles. The van der Waals surface area contributed by atoms with Crippen molar-refractivity contribution in [3.05, 3.63) is 59.7 Å². The first kappa shape index (κ1) is 23.8. The highest BCUT2D eigenvalue weighted by Crippen LogP contribution is 2.23. The number of hydrogen-bond donors (Lipinski definition) is 2. The summed E-state index contributed by atoms with van der Waals surface area (Å²) in [7, 11) is 0. The summed E-state index contributed by atoms with van der Waals surface area (Å²) in [5.41, 5.74) is 1.67. The van der Waals surface area contributed by atoms with Crippen LogP contribution in [0, 0.1) is 11.3 Å². The maximum atomic E-state index is 12.7. The van der Waals surface area contributed by atoms with E-state index in [1.165, 1.54) is 37.4 Å². The van der Waals surface area contributed by atoms with Gasteiger partial charge in [-0.25, -0.2) is 0 Å². The number of rotatable bonds is 9. The van der Waals surface area contributed by atoms with E-state index in [9.17, 15) is 9.59 Å². The van der Waals surface area contributed by atoms with Crippen LogP contribution in [-0.4, -0.2) is 48.6 Å². The Bertz CT molecular complexity index is 949. The van der Waals surface area contributed by atoms with Gasteiger partial charge >= 0.3 is 0 Å². The summed E-state index contributed by atoms with van der Waals surface area (Å²) < 4.78 is 0. The van der Waals surface area contributed by atoms with Crippen LogP contribution in [0.15, 0.2) is 53.4 Å². The lowest BCUT2D eigenvalue weighted by molar-refractivity contribution is -0.113. The topological polar surface area (TPSA) is 85.2 Å². The molecule has 3 rings (SSSR count). The molecule has 0 bridgehead atoms. The molecule has 0 spiro atoms. The van der Waals surface area contributed by atoms with Gasteiger partial charge in [0.15, 0.2) is 0 Å². The summed E-state index contributed by atoms with van der Waals surface area (Å²) in [5.74, 6) is -0.111. The lowest BCUT2D eigenvalue weighted by Crippen LogP contribution is -2.30. The summed E-state index contributed by atoms with van der Waals surface area (Å²) in [4.78, 5) is 28.3. The first-order chi connectivity index (χ1) is 15.7. The maximum absolute atomic E-state index is 12.7. The van der Waals surface area contributed by atoms with Crippen LogP contribution in [0.4, 0.5) is 5.69 Å². The van der Waals surface area contributed by atoms with Crippen LogP contribution < -0.4 is 10.6 Å². The van der Waals surface area contributed by atoms with Crippen molar-refractivity contribution in [2.24, 2.45) is 0 Å². The fourth-order valence-corrected chi connectivity index (χ4v) is 4.60. The molecule has 1 aliphatic heterocycles. The lowest BCUT2D eigenvalue weighted by atomic mass is 10.2. The highest BCUT2D eigenvalue weighted by Gasteiger charge is 2.13. The first-order valence-electron chi connectivity index (χ1n) is 11.2. The number of hydrogen-bond acceptors (Lipinski definition) is 5. The Balaban J connectivity index is 1.46. The molecule has 0 unspecified atom stereocenters. The first-order valence-corrected chi connectivity index (χ1v) is 12.2. The van der Waals surface area contributed by atoms with Crippen molar-refractivity contribution in [2.45, 2.75) is 37.0 Å². The molecule has 0 aliphatic carbocycles. The summed E-state index contributed by atoms with van der Waals surface area (Å²) in [6.45, 7) is 3.99. The van der Waals surface area contributed by atoms with Gasteiger partial charge in [-0.2, -0.15) is 5.26 Å². The van der Waals surface area contributed by atoms with Gasteiger partial charge in [-0.15, -0.1) is 11.8 Å². The smallest absolute Gasteiger partial charge is 0.252 e. The number of thioether (sulfide) groups is 1. The van der Waals surface area contributed by atoms with Crippen LogP contribution in [0.2, 0.25) is 0 Å². The average Bonchev–Trinajstić information content (AvgIpc) is 3.09. The van der Waals surface area contributed by atoms with Crippen LogP contribution in [0.25, 0.3) is 0 Å². The minimum absolute atomic E-state index is 0.105. The fourth-order valence-electron chi connectivity index (χ4n) is 3.75. The molecule has 2 aromatic carbocycles. The predicted octanol–water partition coefficient (Wildman–Crippen LogP) is 4.28. The van der Waals surface area contributed by atoms with E-state index in [2.05, 4.69) is 21.6 Å². The Labute approximate surface area is 194 Å². The van der Waals surface area contributed by atoms with Gasteiger partial charge in [0.25, 0.3) is 5.91 Å². The molecule has 2 amide bonds. The summed E-state index contributed by atoms with van der Waals surface area (Å²) in [5, 5.41) is 14.8. The molecule has 7 heteroatoms. The highest BCUT2D eigenvalue weighted by atomic mass is 32.2. The molecule has 1 fully saturated rings. The van der Waals surface area contributed by atoms with Crippen molar-refractivity contribution in [1.82, 2.24) is 10.2 Å². The number of anilines is 1. The third-order valence-corrected chi connectivity index (χ3v) is 6.47. The fraction of sp³-hybridized carbons (Fsp3) is 0.400. The lowest BCUT2D eigenvalue weighted by Gasteiger charge is -2.19. The van der Waals surface area contributed by atoms with Gasteiger partial charge in [0.05, 0.1) is 22.9 Å². The number of likely N-dealkylation sites (tertiary alicyclic amines) is 1. The van der Waals surface area contributed by atoms with Gasteiger partial charge in [0.2, 0.25) is 5.91 Å². The number of amides is 2. The average molecular weight is 451 g/mol. The molecule has 2 N–H and O–H groups in total. The standard InChI is InChI=1S/C25H30N4O2S/c26-18-20-9-7-10-21(17-20)28-24(30)19-32-23-12-4-3-11-22(23)25(31)27-13-8-16-29-14-5-1-2-6-15-29/h3-4,7,9-12,17H,1-2,5-6,8,13-16,19H2,(H,27,31)(H,28,30). The van der Waals surface area contributed by atoms with E-state index in [1.807, 2.05) is 18.2 Å². The zero-order valence-electron chi connectivity index (χ0n) is 18.3. The van der Waals surface area contributed by atoms with Crippen LogP contribution in [0.3, 0.4) is 0 Å². The van der Waals surface area contributed by atoms with Gasteiger partial charge < -0.3 is 15.5 Å². The second-order valence-corrected chi connectivity index (χ2v) is 8.91. The van der Waals surface area contributed by atoms with Gasteiger partial charge in [-0.3, -0.25) is 9.59 Å². The predicted molar refractivity (Wildman–Crippen MR) is 129 cm³/mol. The van der Waals surface area contributed by atoms with Gasteiger partial charge in [0, 0.05) is 17.1 Å². The molecule has 0 radical (unpaired) electrons. The number of nitrogens with zero attached hydrogens (tertiary/aromatic N) is 2. The Morgan fingerprint density at radius 3 is 2.59 bits per heavy atom. The van der Waals surface area contributed by atoms with Gasteiger partial charge in [0.1, 0.15) is 0 Å². The van der Waals surface area contributed by atoms with Crippen molar-refractivity contribution in [2.75, 3.05) is 37.2 Å². The van der Waals surface area contributed by atoms with E-state index >= 15 is 0 Å². The monoisotopic (exact) mass is 450 g/mol. The zero-order valence-corrected chi connectivity index (χ0v) is 19.1. The largest absolute Gasteiger partial charge is 0.352 e. The van der Waals surface area contributed by atoms with Gasteiger partial charge in [-0.1, -0.05) is 31.0 Å². The Hall–Kier alpha value is -2.82. The molecule has 0 saturated carbocycles. The third-order valence-electron chi connectivity index (χ3n) is 5.40. The number of nitrogens with one attached hydrogen (secondary N) is 2. The van der Waals surface area contributed by atoms with Crippen molar-refractivity contribution in [3.63, 3.8) is 0 Å². The SMILES string of the molecule is N#Cc1cccc(NC(=O)CSc2ccccc2C(=O)NCCCN2CCCCCC2)c1. The normalized spacial score (nSPS) is 14.2. The maximum Gasteiger partial charge on any atom is 0.252 e. The molecule has 2 aromatic rings. The Kier molecular flexibility index (Phi) is 9.60. The molecule has 1 saturated heterocycles. The van der Waals surface area contributed by atoms with E-state index in [0.717, 1.165) is 31.0 Å². The molecule has 0 atom stereocenters. The molecule has 32 heavy (non-hydrogen) atoms. The van der Waals surface area contributed by atoms with Crippen molar-refractivity contribution in [1.29, 1.82) is 5.26 Å². The molecule has 6 nitrogen and oxygen atoms in total. The molecular formula is C25H30N4O2S. The van der Waals surface area contributed by atoms with E-state index in [1.54, 1.807) is 30.3 Å². The van der Waals surface area contributed by atoms with E-state index in [0.29, 0.717) is 23.4 Å². The summed E-state index contributed by atoms with van der Waals surface area (Å²) in [6, 6.07) is 16.2. The number of nitriles is 1. The number of carbonyl (C=O) groups excluding carboxylic acids is 2. The number of benzene rings is 2. The molecular weight excluding hydrogens is 420 g/mol. The van der Waals surface area contributed by atoms with Crippen LogP contribution in [0.5, 0.6) is 0 Å². The molecule has 168 valence electrons. The van der Waals surface area contributed by atoms with Crippen LogP contribution in [0.1, 0.15) is 48.0 Å². The minimum Gasteiger partial charge on any atom is -0.352 e. The highest BCUT2D eigenvalue weighted by molar-refractivity contribution is 8.00. The van der Waals surface area contributed by atoms with Crippen molar-refractivity contribution < 1.29 is 9.59 Å².